The number of rotatable bonds is 6. The van der Waals surface area contributed by atoms with E-state index in [2.05, 4.69) is 4.98 Å². The van der Waals surface area contributed by atoms with Crippen LogP contribution in [0.4, 0.5) is 21.0 Å². The topological polar surface area (TPSA) is 102 Å². The first kappa shape index (κ1) is 19.8. The van der Waals surface area contributed by atoms with Crippen molar-refractivity contribution < 1.29 is 14.0 Å². The fourth-order valence-electron chi connectivity index (χ4n) is 2.57. The highest BCUT2D eigenvalue weighted by Gasteiger charge is 2.27. The van der Waals surface area contributed by atoms with E-state index in [1.165, 1.54) is 17.0 Å². The lowest BCUT2D eigenvalue weighted by Crippen LogP contribution is -2.40. The number of nitrogens with two attached hydrogens (primary N) is 2. The van der Waals surface area contributed by atoms with Gasteiger partial charge in [-0.1, -0.05) is 53.3 Å². The third-order valence-electron chi connectivity index (χ3n) is 4.07. The molecule has 0 aliphatic carbocycles. The van der Waals surface area contributed by atoms with Crippen molar-refractivity contribution in [3.63, 3.8) is 0 Å². The Labute approximate surface area is 169 Å². The van der Waals surface area contributed by atoms with Gasteiger partial charge in [0.25, 0.3) is 0 Å². The molecule has 1 aromatic heterocycles. The monoisotopic (exact) mass is 418 g/mol. The maximum atomic E-state index is 14.0. The molecule has 0 unspecified atom stereocenters. The third-order valence-corrected chi connectivity index (χ3v) is 5.45. The number of primary amides is 1. The van der Waals surface area contributed by atoms with Crippen LogP contribution in [0.25, 0.3) is 0 Å². The van der Waals surface area contributed by atoms with Crippen molar-refractivity contribution in [1.29, 1.82) is 0 Å². The van der Waals surface area contributed by atoms with Gasteiger partial charge in [-0.2, -0.15) is 0 Å². The average molecular weight is 419 g/mol. The summed E-state index contributed by atoms with van der Waals surface area (Å²) in [6.45, 7) is 1.55. The molecule has 144 valence electrons. The molecule has 3 aromatic rings. The summed E-state index contributed by atoms with van der Waals surface area (Å²) < 4.78 is 14.0. The first-order valence-corrected chi connectivity index (χ1v) is 9.38. The van der Waals surface area contributed by atoms with Crippen LogP contribution in [-0.4, -0.2) is 22.7 Å². The lowest BCUT2D eigenvalue weighted by Gasteiger charge is -2.26. The zero-order valence-electron chi connectivity index (χ0n) is 14.7. The molecular formula is C19H16ClFN4O2S. The molecule has 1 heterocycles. The van der Waals surface area contributed by atoms with E-state index in [9.17, 15) is 14.0 Å². The highest BCUT2D eigenvalue weighted by Crippen LogP contribution is 2.36. The van der Waals surface area contributed by atoms with Gasteiger partial charge >= 0.3 is 0 Å². The molecule has 1 amide bonds. The minimum Gasteiger partial charge on any atom is -0.382 e. The quantitative estimate of drug-likeness (QED) is 0.593. The van der Waals surface area contributed by atoms with Crippen LogP contribution in [0.1, 0.15) is 22.2 Å². The number of benzene rings is 2. The SMILES string of the molecule is C[C@H](C(N)=O)N(c1ccc(Cl)c(F)c1)c1nc(N)c(C(=O)c2ccccc2)s1. The van der Waals surface area contributed by atoms with Crippen LogP contribution in [0.2, 0.25) is 5.02 Å². The van der Waals surface area contributed by atoms with E-state index in [0.29, 0.717) is 11.3 Å². The van der Waals surface area contributed by atoms with E-state index in [4.69, 9.17) is 23.1 Å². The molecule has 0 aliphatic rings. The summed E-state index contributed by atoms with van der Waals surface area (Å²) >= 11 is 6.75. The highest BCUT2D eigenvalue weighted by molar-refractivity contribution is 7.18. The number of hydrogen-bond donors (Lipinski definition) is 2. The molecule has 0 saturated heterocycles. The molecule has 3 rings (SSSR count). The molecule has 0 saturated carbocycles. The van der Waals surface area contributed by atoms with E-state index in [1.807, 2.05) is 0 Å². The summed E-state index contributed by atoms with van der Waals surface area (Å²) in [7, 11) is 0. The van der Waals surface area contributed by atoms with E-state index >= 15 is 0 Å². The van der Waals surface area contributed by atoms with Crippen LogP contribution in [-0.2, 0) is 4.79 Å². The third kappa shape index (κ3) is 3.83. The number of nitrogens with zero attached hydrogens (tertiary/aromatic N) is 2. The average Bonchev–Trinajstić information content (AvgIpc) is 3.05. The molecule has 1 atom stereocenters. The lowest BCUT2D eigenvalue weighted by atomic mass is 10.1. The molecule has 0 bridgehead atoms. The smallest absolute Gasteiger partial charge is 0.240 e. The Balaban J connectivity index is 2.07. The molecular weight excluding hydrogens is 403 g/mol. The van der Waals surface area contributed by atoms with E-state index in [0.717, 1.165) is 17.4 Å². The standard InChI is InChI=1S/C19H16ClFN4O2S/c1-10(18(23)27)25(12-7-8-13(20)14(21)9-12)19-24-17(22)16(28-19)15(26)11-5-3-2-4-6-11/h2-10H,22H2,1H3,(H2,23,27)/t10-/m1/s1. The Morgan fingerprint density at radius 2 is 1.89 bits per heavy atom. The normalized spacial score (nSPS) is 11.8. The van der Waals surface area contributed by atoms with Crippen molar-refractivity contribution in [2.45, 2.75) is 13.0 Å². The van der Waals surface area contributed by atoms with Crippen molar-refractivity contribution in [3.05, 3.63) is 69.8 Å². The Morgan fingerprint density at radius 1 is 1.21 bits per heavy atom. The van der Waals surface area contributed by atoms with Crippen LogP contribution in [0, 0.1) is 5.82 Å². The van der Waals surface area contributed by atoms with E-state index < -0.39 is 17.8 Å². The number of carbonyl (C=O) groups is 2. The molecule has 6 nitrogen and oxygen atoms in total. The second-order valence-corrected chi connectivity index (χ2v) is 7.34. The van der Waals surface area contributed by atoms with Crippen molar-refractivity contribution in [2.75, 3.05) is 10.6 Å². The summed E-state index contributed by atoms with van der Waals surface area (Å²) in [6, 6.07) is 11.8. The first-order chi connectivity index (χ1) is 13.3. The molecule has 0 spiro atoms. The summed E-state index contributed by atoms with van der Waals surface area (Å²) in [6.07, 6.45) is 0. The molecule has 4 N–H and O–H groups in total. The number of anilines is 3. The molecule has 0 aliphatic heterocycles. The van der Waals surface area contributed by atoms with Gasteiger partial charge in [0.05, 0.1) is 5.02 Å². The van der Waals surface area contributed by atoms with Gasteiger partial charge in [-0.15, -0.1) is 0 Å². The minimum absolute atomic E-state index is 0.0185. The second kappa shape index (κ2) is 7.95. The Kier molecular flexibility index (Phi) is 5.62. The van der Waals surface area contributed by atoms with Gasteiger partial charge in [0.15, 0.2) is 5.13 Å². The number of ketones is 1. The fourth-order valence-corrected chi connectivity index (χ4v) is 3.74. The first-order valence-electron chi connectivity index (χ1n) is 8.19. The fraction of sp³-hybridized carbons (Fsp3) is 0.105. The molecule has 0 radical (unpaired) electrons. The zero-order chi connectivity index (χ0) is 20.4. The van der Waals surface area contributed by atoms with Gasteiger partial charge < -0.3 is 16.4 Å². The maximum Gasteiger partial charge on any atom is 0.240 e. The summed E-state index contributed by atoms with van der Waals surface area (Å²) in [5.41, 5.74) is 12.2. The molecule has 2 aromatic carbocycles. The summed E-state index contributed by atoms with van der Waals surface area (Å²) in [5, 5.41) is 0.179. The number of thiazole rings is 1. The van der Waals surface area contributed by atoms with Crippen molar-refractivity contribution in [1.82, 2.24) is 4.98 Å². The minimum atomic E-state index is -0.870. The number of hydrogen-bond acceptors (Lipinski definition) is 6. The Morgan fingerprint density at radius 3 is 2.50 bits per heavy atom. The van der Waals surface area contributed by atoms with Gasteiger partial charge in [0.1, 0.15) is 22.6 Å². The van der Waals surface area contributed by atoms with Gasteiger partial charge in [0, 0.05) is 11.3 Å². The molecule has 28 heavy (non-hydrogen) atoms. The van der Waals surface area contributed by atoms with E-state index in [-0.39, 0.29) is 26.6 Å². The second-order valence-electron chi connectivity index (χ2n) is 5.95. The number of halogens is 2. The van der Waals surface area contributed by atoms with Gasteiger partial charge in [-0.3, -0.25) is 9.59 Å². The number of amides is 1. The van der Waals surface area contributed by atoms with E-state index in [1.54, 1.807) is 37.3 Å². The van der Waals surface area contributed by atoms with Gasteiger partial charge in [-0.25, -0.2) is 9.37 Å². The predicted molar refractivity (Wildman–Crippen MR) is 109 cm³/mol. The molecule has 0 fully saturated rings. The van der Waals surface area contributed by atoms with Crippen molar-refractivity contribution in [3.8, 4) is 0 Å². The van der Waals surface area contributed by atoms with Gasteiger partial charge in [-0.05, 0) is 25.1 Å². The molecule has 9 heteroatoms. The number of nitrogen functional groups attached to an aromatic ring is 1. The Hall–Kier alpha value is -2.97. The van der Waals surface area contributed by atoms with Crippen LogP contribution in [0.15, 0.2) is 48.5 Å². The van der Waals surface area contributed by atoms with Crippen molar-refractivity contribution >= 4 is 51.3 Å². The maximum absolute atomic E-state index is 14.0. The summed E-state index contributed by atoms with van der Waals surface area (Å²) in [5.74, 6) is -1.59. The zero-order valence-corrected chi connectivity index (χ0v) is 16.3. The van der Waals surface area contributed by atoms with Crippen LogP contribution in [0.5, 0.6) is 0 Å². The number of aromatic nitrogens is 1. The lowest BCUT2D eigenvalue weighted by molar-refractivity contribution is -0.118. The van der Waals surface area contributed by atoms with Crippen molar-refractivity contribution in [2.24, 2.45) is 5.73 Å². The van der Waals surface area contributed by atoms with Crippen LogP contribution >= 0.6 is 22.9 Å². The largest absolute Gasteiger partial charge is 0.382 e. The predicted octanol–water partition coefficient (Wildman–Crippen LogP) is 3.76. The van der Waals surface area contributed by atoms with Crippen LogP contribution < -0.4 is 16.4 Å². The summed E-state index contributed by atoms with van der Waals surface area (Å²) in [4.78, 5) is 30.4. The highest BCUT2D eigenvalue weighted by atomic mass is 35.5. The Bertz CT molecular complexity index is 1040. The number of carbonyl (C=O) groups excluding carboxylic acids is 2. The van der Waals surface area contributed by atoms with Gasteiger partial charge in [0.2, 0.25) is 11.7 Å². The van der Waals surface area contributed by atoms with Crippen LogP contribution in [0.3, 0.4) is 0 Å².